The molecule has 25 heavy (non-hydrogen) atoms. The van der Waals surface area contributed by atoms with Crippen molar-refractivity contribution in [2.24, 2.45) is 0 Å². The molecule has 0 saturated carbocycles. The number of unbranched alkanes of at least 4 members (excludes halogenated alkanes) is 15. The predicted octanol–water partition coefficient (Wildman–Crippen LogP) is 7.14. The van der Waals surface area contributed by atoms with E-state index in [4.69, 9.17) is 0 Å². The lowest BCUT2D eigenvalue weighted by Gasteiger charge is -2.18. The van der Waals surface area contributed by atoms with Crippen molar-refractivity contribution in [2.45, 2.75) is 124 Å². The maximum absolute atomic E-state index is 3.56. The highest BCUT2D eigenvalue weighted by Crippen LogP contribution is 2.13. The minimum Gasteiger partial charge on any atom is -0.304 e. The van der Waals surface area contributed by atoms with Crippen molar-refractivity contribution in [1.82, 2.24) is 10.2 Å². The van der Waals surface area contributed by atoms with Crippen LogP contribution in [-0.2, 0) is 0 Å². The van der Waals surface area contributed by atoms with E-state index in [9.17, 15) is 0 Å². The van der Waals surface area contributed by atoms with Crippen molar-refractivity contribution in [3.8, 4) is 0 Å². The standard InChI is InChI=1S/C23H50N2/c1-4-7-8-9-10-11-12-13-14-15-16-17-18-19-20-21-22-24-23-25(5-2)6-3/h24H,4-23H2,1-3H3. The van der Waals surface area contributed by atoms with Gasteiger partial charge in [0.05, 0.1) is 0 Å². The zero-order valence-electron chi connectivity index (χ0n) is 18.1. The van der Waals surface area contributed by atoms with E-state index in [2.05, 4.69) is 31.0 Å². The Morgan fingerprint density at radius 2 is 0.840 bits per heavy atom. The second-order valence-electron chi connectivity index (χ2n) is 7.76. The van der Waals surface area contributed by atoms with Gasteiger partial charge in [-0.1, -0.05) is 117 Å². The van der Waals surface area contributed by atoms with E-state index in [0.29, 0.717) is 0 Å². The van der Waals surface area contributed by atoms with Crippen LogP contribution in [0.4, 0.5) is 0 Å². The summed E-state index contributed by atoms with van der Waals surface area (Å²) >= 11 is 0. The molecule has 152 valence electrons. The lowest BCUT2D eigenvalue weighted by atomic mass is 10.0. The minimum absolute atomic E-state index is 1.06. The topological polar surface area (TPSA) is 15.3 Å². The molecule has 2 nitrogen and oxygen atoms in total. The van der Waals surface area contributed by atoms with Crippen LogP contribution >= 0.6 is 0 Å². The minimum atomic E-state index is 1.06. The van der Waals surface area contributed by atoms with Crippen LogP contribution in [0.25, 0.3) is 0 Å². The predicted molar refractivity (Wildman–Crippen MR) is 115 cm³/mol. The van der Waals surface area contributed by atoms with Gasteiger partial charge in [-0.2, -0.15) is 0 Å². The van der Waals surface area contributed by atoms with Gasteiger partial charge in [-0.3, -0.25) is 4.90 Å². The van der Waals surface area contributed by atoms with Crippen molar-refractivity contribution >= 4 is 0 Å². The first-order chi connectivity index (χ1) is 12.3. The number of nitrogens with zero attached hydrogens (tertiary/aromatic N) is 1. The molecule has 0 radical (unpaired) electrons. The zero-order chi connectivity index (χ0) is 18.4. The Morgan fingerprint density at radius 3 is 1.20 bits per heavy atom. The summed E-state index contributed by atoms with van der Waals surface area (Å²) in [6, 6.07) is 0. The molecule has 0 saturated heterocycles. The Labute approximate surface area is 160 Å². The molecule has 0 fully saturated rings. The number of rotatable bonds is 21. The van der Waals surface area contributed by atoms with Crippen LogP contribution in [0, 0.1) is 0 Å². The Kier molecular flexibility index (Phi) is 21.9. The first-order valence-electron chi connectivity index (χ1n) is 11.8. The van der Waals surface area contributed by atoms with Crippen LogP contribution in [0.1, 0.15) is 124 Å². The third-order valence-electron chi connectivity index (χ3n) is 5.44. The molecule has 0 aromatic carbocycles. The van der Waals surface area contributed by atoms with Crippen LogP contribution in [0.2, 0.25) is 0 Å². The van der Waals surface area contributed by atoms with E-state index in [1.807, 2.05) is 0 Å². The molecule has 0 aliphatic heterocycles. The quantitative estimate of drug-likeness (QED) is 0.174. The van der Waals surface area contributed by atoms with Gasteiger partial charge in [0, 0.05) is 6.67 Å². The summed E-state index contributed by atoms with van der Waals surface area (Å²) in [5.41, 5.74) is 0. The highest BCUT2D eigenvalue weighted by atomic mass is 15.2. The lowest BCUT2D eigenvalue weighted by Crippen LogP contribution is -2.34. The second-order valence-corrected chi connectivity index (χ2v) is 7.76. The Hall–Kier alpha value is -0.0800. The average molecular weight is 355 g/mol. The summed E-state index contributed by atoms with van der Waals surface area (Å²) in [4.78, 5) is 2.44. The molecule has 0 aliphatic carbocycles. The van der Waals surface area contributed by atoms with E-state index >= 15 is 0 Å². The highest BCUT2D eigenvalue weighted by Gasteiger charge is 1.97. The third kappa shape index (κ3) is 20.1. The van der Waals surface area contributed by atoms with Crippen LogP contribution in [0.3, 0.4) is 0 Å². The van der Waals surface area contributed by atoms with Crippen molar-refractivity contribution in [2.75, 3.05) is 26.3 Å². The van der Waals surface area contributed by atoms with Crippen LogP contribution in [-0.4, -0.2) is 31.2 Å². The fraction of sp³-hybridized carbons (Fsp3) is 1.00. The van der Waals surface area contributed by atoms with Crippen molar-refractivity contribution in [3.63, 3.8) is 0 Å². The van der Waals surface area contributed by atoms with Crippen molar-refractivity contribution in [3.05, 3.63) is 0 Å². The lowest BCUT2D eigenvalue weighted by molar-refractivity contribution is 0.278. The van der Waals surface area contributed by atoms with Crippen LogP contribution in [0.15, 0.2) is 0 Å². The molecule has 0 aromatic heterocycles. The summed E-state index contributed by atoms with van der Waals surface area (Å²) in [5, 5.41) is 3.56. The molecule has 0 aliphatic rings. The number of hydrogen-bond donors (Lipinski definition) is 1. The first kappa shape index (κ1) is 24.9. The zero-order valence-corrected chi connectivity index (χ0v) is 18.1. The average Bonchev–Trinajstić information content (AvgIpc) is 2.64. The van der Waals surface area contributed by atoms with Crippen LogP contribution < -0.4 is 5.32 Å². The fourth-order valence-electron chi connectivity index (χ4n) is 3.48. The van der Waals surface area contributed by atoms with Gasteiger partial charge >= 0.3 is 0 Å². The van der Waals surface area contributed by atoms with Gasteiger partial charge < -0.3 is 5.32 Å². The maximum atomic E-state index is 3.56. The van der Waals surface area contributed by atoms with E-state index in [0.717, 1.165) is 19.8 Å². The van der Waals surface area contributed by atoms with Gasteiger partial charge in [-0.15, -0.1) is 0 Å². The van der Waals surface area contributed by atoms with Gasteiger partial charge in [0.25, 0.3) is 0 Å². The summed E-state index contributed by atoms with van der Waals surface area (Å²) in [7, 11) is 0. The molecule has 0 rings (SSSR count). The van der Waals surface area contributed by atoms with E-state index in [-0.39, 0.29) is 0 Å². The molecule has 0 atom stereocenters. The summed E-state index contributed by atoms with van der Waals surface area (Å²) in [6.45, 7) is 11.3. The monoisotopic (exact) mass is 354 g/mol. The Bertz CT molecular complexity index is 226. The fourth-order valence-corrected chi connectivity index (χ4v) is 3.48. The normalized spacial score (nSPS) is 11.5. The Balaban J connectivity index is 3.03. The van der Waals surface area contributed by atoms with E-state index in [1.165, 1.54) is 109 Å². The Morgan fingerprint density at radius 1 is 0.480 bits per heavy atom. The first-order valence-corrected chi connectivity index (χ1v) is 11.8. The molecule has 0 amide bonds. The van der Waals surface area contributed by atoms with Gasteiger partial charge in [-0.05, 0) is 26.1 Å². The summed E-state index contributed by atoms with van der Waals surface area (Å²) in [6.07, 6.45) is 23.2. The SMILES string of the molecule is CCCCCCCCCCCCCCCCCCNCN(CC)CC. The summed E-state index contributed by atoms with van der Waals surface area (Å²) in [5.74, 6) is 0. The molecule has 0 aromatic rings. The number of nitrogens with one attached hydrogen (secondary N) is 1. The molecular formula is C23H50N2. The second kappa shape index (κ2) is 22.0. The summed E-state index contributed by atoms with van der Waals surface area (Å²) < 4.78 is 0. The largest absolute Gasteiger partial charge is 0.304 e. The van der Waals surface area contributed by atoms with Crippen LogP contribution in [0.5, 0.6) is 0 Å². The van der Waals surface area contributed by atoms with E-state index < -0.39 is 0 Å². The maximum Gasteiger partial charge on any atom is 0.0480 e. The third-order valence-corrected chi connectivity index (χ3v) is 5.44. The molecule has 0 bridgehead atoms. The van der Waals surface area contributed by atoms with Crippen molar-refractivity contribution < 1.29 is 0 Å². The van der Waals surface area contributed by atoms with Gasteiger partial charge in [0.15, 0.2) is 0 Å². The van der Waals surface area contributed by atoms with E-state index in [1.54, 1.807) is 0 Å². The number of hydrogen-bond acceptors (Lipinski definition) is 2. The molecule has 1 N–H and O–H groups in total. The molecule has 0 heterocycles. The molecule has 0 unspecified atom stereocenters. The van der Waals surface area contributed by atoms with Crippen molar-refractivity contribution in [1.29, 1.82) is 0 Å². The highest BCUT2D eigenvalue weighted by molar-refractivity contribution is 4.53. The molecular weight excluding hydrogens is 304 g/mol. The van der Waals surface area contributed by atoms with Gasteiger partial charge in [-0.25, -0.2) is 0 Å². The molecule has 2 heteroatoms. The van der Waals surface area contributed by atoms with Gasteiger partial charge in [0.2, 0.25) is 0 Å². The van der Waals surface area contributed by atoms with Gasteiger partial charge in [0.1, 0.15) is 0 Å². The smallest absolute Gasteiger partial charge is 0.0480 e. The molecule has 0 spiro atoms.